The predicted octanol–water partition coefficient (Wildman–Crippen LogP) is 3.98. The Labute approximate surface area is 157 Å². The lowest BCUT2D eigenvalue weighted by Crippen LogP contribution is -2.46. The van der Waals surface area contributed by atoms with Crippen LogP contribution in [0.25, 0.3) is 5.57 Å². The van der Waals surface area contributed by atoms with E-state index in [1.165, 1.54) is 22.3 Å². The Balaban J connectivity index is 1.44. The molecule has 128 valence electrons. The minimum Gasteiger partial charge on any atom is -0.351 e. The van der Waals surface area contributed by atoms with Crippen molar-refractivity contribution in [2.45, 2.75) is 25.4 Å². The second kappa shape index (κ2) is 6.83. The number of carbonyl (C=O) groups is 1. The van der Waals surface area contributed by atoms with Gasteiger partial charge in [0.15, 0.2) is 0 Å². The number of fused-ring (bicyclic) bond motifs is 2. The molecule has 0 fully saturated rings. The standard InChI is InChI=1S/C20H18Cl2N2O/c21-15-3-1-2-12(6-15)10-24-20(25)19-9-18-14(11-23-19)7-13-4-5-16(22)8-17(13)18/h1-6,8,19,23H,7,9-11H2,(H,24,25). The van der Waals surface area contributed by atoms with Crippen LogP contribution < -0.4 is 10.6 Å². The topological polar surface area (TPSA) is 41.1 Å². The summed E-state index contributed by atoms with van der Waals surface area (Å²) in [6, 6.07) is 13.4. The highest BCUT2D eigenvalue weighted by Gasteiger charge is 2.31. The highest BCUT2D eigenvalue weighted by Crippen LogP contribution is 2.38. The summed E-state index contributed by atoms with van der Waals surface area (Å²) >= 11 is 12.1. The second-order valence-electron chi connectivity index (χ2n) is 6.55. The van der Waals surface area contributed by atoms with Crippen molar-refractivity contribution in [2.24, 2.45) is 0 Å². The van der Waals surface area contributed by atoms with Crippen LogP contribution in [0.3, 0.4) is 0 Å². The van der Waals surface area contributed by atoms with Gasteiger partial charge in [0.05, 0.1) is 6.04 Å². The molecule has 2 N–H and O–H groups in total. The number of halogens is 2. The van der Waals surface area contributed by atoms with Gasteiger partial charge in [-0.1, -0.05) is 41.4 Å². The zero-order valence-electron chi connectivity index (χ0n) is 13.6. The van der Waals surface area contributed by atoms with Gasteiger partial charge in [0.2, 0.25) is 5.91 Å². The first kappa shape index (κ1) is 16.6. The molecule has 0 saturated heterocycles. The van der Waals surface area contributed by atoms with Gasteiger partial charge < -0.3 is 10.6 Å². The summed E-state index contributed by atoms with van der Waals surface area (Å²) < 4.78 is 0. The molecule has 0 aromatic heterocycles. The molecule has 4 rings (SSSR count). The Morgan fingerprint density at radius 2 is 2.00 bits per heavy atom. The Hall–Kier alpha value is -1.81. The molecule has 25 heavy (non-hydrogen) atoms. The molecule has 1 unspecified atom stereocenters. The number of hydrogen-bond donors (Lipinski definition) is 2. The maximum absolute atomic E-state index is 12.6. The van der Waals surface area contributed by atoms with Crippen LogP contribution in [0.5, 0.6) is 0 Å². The summed E-state index contributed by atoms with van der Waals surface area (Å²) in [7, 11) is 0. The van der Waals surface area contributed by atoms with Crippen molar-refractivity contribution in [2.75, 3.05) is 6.54 Å². The van der Waals surface area contributed by atoms with E-state index in [2.05, 4.69) is 16.7 Å². The molecule has 2 aromatic carbocycles. The molecule has 0 saturated carbocycles. The molecule has 3 nitrogen and oxygen atoms in total. The third-order valence-electron chi connectivity index (χ3n) is 4.87. The van der Waals surface area contributed by atoms with Gasteiger partial charge >= 0.3 is 0 Å². The molecule has 1 aliphatic carbocycles. The number of nitrogens with one attached hydrogen (secondary N) is 2. The number of carbonyl (C=O) groups excluding carboxylic acids is 1. The highest BCUT2D eigenvalue weighted by molar-refractivity contribution is 6.31. The maximum atomic E-state index is 12.6. The molecular weight excluding hydrogens is 355 g/mol. The summed E-state index contributed by atoms with van der Waals surface area (Å²) in [5, 5.41) is 7.78. The van der Waals surface area contributed by atoms with Gasteiger partial charge in [-0.3, -0.25) is 4.79 Å². The van der Waals surface area contributed by atoms with Gasteiger partial charge in [-0.05, 0) is 64.9 Å². The van der Waals surface area contributed by atoms with E-state index in [4.69, 9.17) is 23.2 Å². The van der Waals surface area contributed by atoms with Gasteiger partial charge in [0, 0.05) is 23.1 Å². The van der Waals surface area contributed by atoms with Crippen LogP contribution in [-0.2, 0) is 17.8 Å². The van der Waals surface area contributed by atoms with Crippen LogP contribution >= 0.6 is 23.2 Å². The van der Waals surface area contributed by atoms with Crippen molar-refractivity contribution in [1.82, 2.24) is 10.6 Å². The molecule has 0 spiro atoms. The number of hydrogen-bond acceptors (Lipinski definition) is 2. The summed E-state index contributed by atoms with van der Waals surface area (Å²) in [5.41, 5.74) is 6.15. The lowest BCUT2D eigenvalue weighted by molar-refractivity contribution is -0.123. The van der Waals surface area contributed by atoms with Crippen molar-refractivity contribution in [1.29, 1.82) is 0 Å². The first-order valence-electron chi connectivity index (χ1n) is 8.35. The van der Waals surface area contributed by atoms with Gasteiger partial charge in [-0.2, -0.15) is 0 Å². The van der Waals surface area contributed by atoms with Crippen molar-refractivity contribution in [3.63, 3.8) is 0 Å². The summed E-state index contributed by atoms with van der Waals surface area (Å²) in [5.74, 6) is 0.0157. The van der Waals surface area contributed by atoms with Crippen LogP contribution in [0.2, 0.25) is 10.0 Å². The van der Waals surface area contributed by atoms with Crippen molar-refractivity contribution < 1.29 is 4.79 Å². The lowest BCUT2D eigenvalue weighted by Gasteiger charge is -2.25. The normalized spacial score (nSPS) is 18.7. The van der Waals surface area contributed by atoms with Gasteiger partial charge in [0.1, 0.15) is 0 Å². The van der Waals surface area contributed by atoms with Crippen LogP contribution in [-0.4, -0.2) is 18.5 Å². The minimum atomic E-state index is -0.220. The molecule has 1 heterocycles. The Morgan fingerprint density at radius 1 is 1.16 bits per heavy atom. The molecule has 0 radical (unpaired) electrons. The molecule has 0 bridgehead atoms. The molecule has 2 aliphatic rings. The third-order valence-corrected chi connectivity index (χ3v) is 5.34. The lowest BCUT2D eigenvalue weighted by atomic mass is 9.94. The molecule has 2 aromatic rings. The molecular formula is C20H18Cl2N2O. The van der Waals surface area contributed by atoms with Crippen LogP contribution in [0, 0.1) is 0 Å². The van der Waals surface area contributed by atoms with E-state index >= 15 is 0 Å². The fraction of sp³-hybridized carbons (Fsp3) is 0.250. The second-order valence-corrected chi connectivity index (χ2v) is 7.42. The van der Waals surface area contributed by atoms with Gasteiger partial charge in [-0.15, -0.1) is 0 Å². The van der Waals surface area contributed by atoms with Crippen molar-refractivity contribution in [3.05, 3.63) is 74.8 Å². The predicted molar refractivity (Wildman–Crippen MR) is 102 cm³/mol. The number of rotatable bonds is 3. The van der Waals surface area contributed by atoms with E-state index in [0.717, 1.165) is 23.6 Å². The van der Waals surface area contributed by atoms with Crippen LogP contribution in [0.15, 0.2) is 48.0 Å². The fourth-order valence-corrected chi connectivity index (χ4v) is 3.99. The largest absolute Gasteiger partial charge is 0.351 e. The van der Waals surface area contributed by atoms with Crippen LogP contribution in [0.1, 0.15) is 23.1 Å². The summed E-state index contributed by atoms with van der Waals surface area (Å²) in [6.45, 7) is 1.22. The van der Waals surface area contributed by atoms with E-state index in [1.807, 2.05) is 36.4 Å². The fourth-order valence-electron chi connectivity index (χ4n) is 3.60. The molecule has 1 aliphatic heterocycles. The van der Waals surface area contributed by atoms with Crippen LogP contribution in [0.4, 0.5) is 0 Å². The minimum absolute atomic E-state index is 0.0157. The zero-order valence-corrected chi connectivity index (χ0v) is 15.1. The Kier molecular flexibility index (Phi) is 4.55. The van der Waals surface area contributed by atoms with E-state index in [9.17, 15) is 4.79 Å². The molecule has 1 atom stereocenters. The SMILES string of the molecule is O=C(NCc1cccc(Cl)c1)C1CC2=C(CN1)Cc1ccc(Cl)cc12. The van der Waals surface area contributed by atoms with Crippen molar-refractivity contribution in [3.8, 4) is 0 Å². The highest BCUT2D eigenvalue weighted by atomic mass is 35.5. The average Bonchev–Trinajstić information content (AvgIpc) is 2.97. The monoisotopic (exact) mass is 372 g/mol. The van der Waals surface area contributed by atoms with Gasteiger partial charge in [0.25, 0.3) is 0 Å². The maximum Gasteiger partial charge on any atom is 0.237 e. The number of amides is 1. The quantitative estimate of drug-likeness (QED) is 0.855. The third kappa shape index (κ3) is 3.45. The smallest absolute Gasteiger partial charge is 0.237 e. The Bertz CT molecular complexity index is 876. The average molecular weight is 373 g/mol. The van der Waals surface area contributed by atoms with E-state index in [1.54, 1.807) is 0 Å². The van der Waals surface area contributed by atoms with Crippen molar-refractivity contribution >= 4 is 34.7 Å². The number of benzene rings is 2. The first-order valence-corrected chi connectivity index (χ1v) is 9.11. The zero-order chi connectivity index (χ0) is 17.4. The Morgan fingerprint density at radius 3 is 2.84 bits per heavy atom. The van der Waals surface area contributed by atoms with E-state index in [-0.39, 0.29) is 11.9 Å². The molecule has 1 amide bonds. The first-order chi connectivity index (χ1) is 12.1. The summed E-state index contributed by atoms with van der Waals surface area (Å²) in [6.07, 6.45) is 1.65. The van der Waals surface area contributed by atoms with E-state index < -0.39 is 0 Å². The van der Waals surface area contributed by atoms with E-state index in [0.29, 0.717) is 18.0 Å². The molecule has 5 heteroatoms. The summed E-state index contributed by atoms with van der Waals surface area (Å²) in [4.78, 5) is 12.6. The van der Waals surface area contributed by atoms with Gasteiger partial charge in [-0.25, -0.2) is 0 Å².